The number of esters is 1. The predicted octanol–water partition coefficient (Wildman–Crippen LogP) is 3.71. The van der Waals surface area contributed by atoms with Gasteiger partial charge >= 0.3 is 5.97 Å². The van der Waals surface area contributed by atoms with Gasteiger partial charge in [-0.25, -0.2) is 13.2 Å². The number of rotatable bonds is 6. The molecule has 0 unspecified atom stereocenters. The maximum atomic E-state index is 12.9. The van der Waals surface area contributed by atoms with Crippen LogP contribution < -0.4 is 0 Å². The van der Waals surface area contributed by atoms with Crippen molar-refractivity contribution in [2.45, 2.75) is 4.90 Å². The molecule has 3 rings (SSSR count). The van der Waals surface area contributed by atoms with Gasteiger partial charge in [-0.2, -0.15) is 4.31 Å². The molecular formula is C19H16Cl3NO6S. The fourth-order valence-electron chi connectivity index (χ4n) is 2.76. The lowest BCUT2D eigenvalue weighted by Gasteiger charge is -2.26. The number of carbonyl (C=O) groups is 2. The lowest BCUT2D eigenvalue weighted by molar-refractivity contribution is 0.0474. The molecular weight excluding hydrogens is 477 g/mol. The number of nitrogens with zero attached hydrogens (tertiary/aromatic N) is 1. The molecule has 30 heavy (non-hydrogen) atoms. The van der Waals surface area contributed by atoms with Gasteiger partial charge in [0.25, 0.3) is 0 Å². The van der Waals surface area contributed by atoms with Gasteiger partial charge in [0.15, 0.2) is 6.61 Å². The second-order valence-corrected chi connectivity index (χ2v) is 9.44. The predicted molar refractivity (Wildman–Crippen MR) is 112 cm³/mol. The Labute approximate surface area is 188 Å². The quantitative estimate of drug-likeness (QED) is 0.451. The standard InChI is InChI=1S/C19H16Cl3NO6S/c20-13-2-3-14(16(22)10-13)17(24)11-29-19(25)12-1-4-15(21)18(9-12)30(26,27)23-5-7-28-8-6-23/h1-4,9-10H,5-8,11H2. The first-order valence-electron chi connectivity index (χ1n) is 8.73. The third kappa shape index (κ3) is 5.14. The van der Waals surface area contributed by atoms with Crippen LogP contribution in [0.25, 0.3) is 0 Å². The van der Waals surface area contributed by atoms with Crippen LogP contribution in [0, 0.1) is 0 Å². The van der Waals surface area contributed by atoms with Gasteiger partial charge in [-0.05, 0) is 36.4 Å². The van der Waals surface area contributed by atoms with Crippen molar-refractivity contribution >= 4 is 56.6 Å². The second-order valence-electron chi connectivity index (χ2n) is 6.29. The van der Waals surface area contributed by atoms with Crippen LogP contribution in [0.1, 0.15) is 20.7 Å². The van der Waals surface area contributed by atoms with Gasteiger partial charge in [-0.15, -0.1) is 0 Å². The summed E-state index contributed by atoms with van der Waals surface area (Å²) < 4.78 is 37.1. The van der Waals surface area contributed by atoms with E-state index >= 15 is 0 Å². The number of sulfonamides is 1. The molecule has 1 saturated heterocycles. The van der Waals surface area contributed by atoms with Crippen molar-refractivity contribution in [1.29, 1.82) is 0 Å². The highest BCUT2D eigenvalue weighted by atomic mass is 35.5. The Balaban J connectivity index is 1.75. The Bertz CT molecular complexity index is 1080. The van der Waals surface area contributed by atoms with E-state index < -0.39 is 28.4 Å². The van der Waals surface area contributed by atoms with Crippen molar-refractivity contribution in [3.05, 3.63) is 62.6 Å². The summed E-state index contributed by atoms with van der Waals surface area (Å²) in [4.78, 5) is 24.4. The zero-order valence-corrected chi connectivity index (χ0v) is 18.5. The van der Waals surface area contributed by atoms with Gasteiger partial charge in [0.1, 0.15) is 4.90 Å². The SMILES string of the molecule is O=C(OCC(=O)c1ccc(Cl)cc1Cl)c1ccc(Cl)c(S(=O)(=O)N2CCOCC2)c1. The maximum absolute atomic E-state index is 12.9. The van der Waals surface area contributed by atoms with Gasteiger partial charge in [-0.1, -0.05) is 34.8 Å². The summed E-state index contributed by atoms with van der Waals surface area (Å²) in [6.07, 6.45) is 0. The maximum Gasteiger partial charge on any atom is 0.338 e. The van der Waals surface area contributed by atoms with Crippen molar-refractivity contribution in [3.8, 4) is 0 Å². The van der Waals surface area contributed by atoms with E-state index in [-0.39, 0.29) is 52.4 Å². The number of ketones is 1. The van der Waals surface area contributed by atoms with E-state index in [0.717, 1.165) is 6.07 Å². The number of carbonyl (C=O) groups excluding carboxylic acids is 2. The Morgan fingerprint density at radius 1 is 1.00 bits per heavy atom. The van der Waals surface area contributed by atoms with Crippen molar-refractivity contribution < 1.29 is 27.5 Å². The highest BCUT2D eigenvalue weighted by Crippen LogP contribution is 2.27. The molecule has 0 aromatic heterocycles. The number of benzene rings is 2. The molecule has 0 saturated carbocycles. The van der Waals surface area contributed by atoms with Crippen molar-refractivity contribution in [3.63, 3.8) is 0 Å². The van der Waals surface area contributed by atoms with E-state index in [1.165, 1.54) is 34.6 Å². The molecule has 7 nitrogen and oxygen atoms in total. The zero-order chi connectivity index (χ0) is 21.9. The van der Waals surface area contributed by atoms with Crippen molar-refractivity contribution in [2.24, 2.45) is 0 Å². The number of ether oxygens (including phenoxy) is 2. The minimum atomic E-state index is -3.92. The highest BCUT2D eigenvalue weighted by Gasteiger charge is 2.29. The molecule has 1 fully saturated rings. The monoisotopic (exact) mass is 491 g/mol. The number of hydrogen-bond acceptors (Lipinski definition) is 6. The molecule has 2 aromatic carbocycles. The smallest absolute Gasteiger partial charge is 0.338 e. The van der Waals surface area contributed by atoms with Crippen LogP contribution in [0.4, 0.5) is 0 Å². The Morgan fingerprint density at radius 3 is 2.37 bits per heavy atom. The van der Waals surface area contributed by atoms with Gasteiger partial charge in [0.2, 0.25) is 15.8 Å². The molecule has 1 heterocycles. The number of halogens is 3. The summed E-state index contributed by atoms with van der Waals surface area (Å²) in [6, 6.07) is 8.07. The van der Waals surface area contributed by atoms with Gasteiger partial charge in [0, 0.05) is 23.7 Å². The Hall–Kier alpha value is -1.68. The molecule has 160 valence electrons. The van der Waals surface area contributed by atoms with E-state index in [0.29, 0.717) is 5.02 Å². The van der Waals surface area contributed by atoms with Crippen LogP contribution in [-0.2, 0) is 19.5 Å². The molecule has 0 amide bonds. The second kappa shape index (κ2) is 9.64. The average Bonchev–Trinajstić information content (AvgIpc) is 2.72. The lowest BCUT2D eigenvalue weighted by Crippen LogP contribution is -2.40. The number of morpholine rings is 1. The lowest BCUT2D eigenvalue weighted by atomic mass is 10.1. The molecule has 0 bridgehead atoms. The van der Waals surface area contributed by atoms with Crippen molar-refractivity contribution in [2.75, 3.05) is 32.9 Å². The molecule has 0 aliphatic carbocycles. The normalized spacial score (nSPS) is 15.0. The third-order valence-electron chi connectivity index (χ3n) is 4.32. The van der Waals surface area contributed by atoms with E-state index in [9.17, 15) is 18.0 Å². The zero-order valence-electron chi connectivity index (χ0n) is 15.4. The summed E-state index contributed by atoms with van der Waals surface area (Å²) in [5.41, 5.74) is 0.0989. The largest absolute Gasteiger partial charge is 0.454 e. The van der Waals surface area contributed by atoms with E-state index in [1.807, 2.05) is 0 Å². The Kier molecular flexibility index (Phi) is 7.38. The molecule has 0 radical (unpaired) electrons. The van der Waals surface area contributed by atoms with Crippen molar-refractivity contribution in [1.82, 2.24) is 4.31 Å². The minimum absolute atomic E-state index is 0.0259. The van der Waals surface area contributed by atoms with E-state index in [4.69, 9.17) is 44.3 Å². The first-order chi connectivity index (χ1) is 14.2. The van der Waals surface area contributed by atoms with Crippen LogP contribution in [0.3, 0.4) is 0 Å². The van der Waals surface area contributed by atoms with Crippen LogP contribution in [0.2, 0.25) is 15.1 Å². The number of Topliss-reactive ketones (excluding diaryl/α,β-unsaturated/α-hetero) is 1. The first kappa shape index (κ1) is 23.0. The first-order valence-corrected chi connectivity index (χ1v) is 11.3. The molecule has 1 aliphatic rings. The van der Waals surface area contributed by atoms with Gasteiger partial charge in [-0.3, -0.25) is 4.79 Å². The molecule has 0 atom stereocenters. The molecule has 0 N–H and O–H groups in total. The minimum Gasteiger partial charge on any atom is -0.454 e. The summed E-state index contributed by atoms with van der Waals surface area (Å²) in [5.74, 6) is -1.40. The van der Waals surface area contributed by atoms with Crippen LogP contribution >= 0.6 is 34.8 Å². The molecule has 0 spiro atoms. The molecule has 1 aliphatic heterocycles. The van der Waals surface area contributed by atoms with E-state index in [1.54, 1.807) is 0 Å². The van der Waals surface area contributed by atoms with Crippen LogP contribution in [0.5, 0.6) is 0 Å². The topological polar surface area (TPSA) is 90.0 Å². The summed E-state index contributed by atoms with van der Waals surface area (Å²) >= 11 is 17.9. The fourth-order valence-corrected chi connectivity index (χ4v) is 5.18. The molecule has 11 heteroatoms. The summed E-state index contributed by atoms with van der Waals surface area (Å²) in [5, 5.41) is 0.472. The Morgan fingerprint density at radius 2 is 1.70 bits per heavy atom. The van der Waals surface area contributed by atoms with Crippen LogP contribution in [-0.4, -0.2) is 57.4 Å². The van der Waals surface area contributed by atoms with E-state index in [2.05, 4.69) is 0 Å². The van der Waals surface area contributed by atoms with Crippen LogP contribution in [0.15, 0.2) is 41.3 Å². The summed E-state index contributed by atoms with van der Waals surface area (Å²) in [7, 11) is -3.92. The van der Waals surface area contributed by atoms with Gasteiger partial charge in [0.05, 0.1) is 28.8 Å². The van der Waals surface area contributed by atoms with Gasteiger partial charge < -0.3 is 9.47 Å². The fraction of sp³-hybridized carbons (Fsp3) is 0.263. The summed E-state index contributed by atoms with van der Waals surface area (Å²) in [6.45, 7) is 0.337. The number of hydrogen-bond donors (Lipinski definition) is 0. The third-order valence-corrected chi connectivity index (χ3v) is 7.25. The highest BCUT2D eigenvalue weighted by molar-refractivity contribution is 7.89. The average molecular weight is 493 g/mol. The molecule has 2 aromatic rings.